The predicted octanol–water partition coefficient (Wildman–Crippen LogP) is 3.77. The van der Waals surface area contributed by atoms with E-state index >= 15 is 0 Å². The molecule has 1 amide bonds. The lowest BCUT2D eigenvalue weighted by Gasteiger charge is -2.22. The zero-order chi connectivity index (χ0) is 17.4. The van der Waals surface area contributed by atoms with E-state index in [9.17, 15) is 4.79 Å². The minimum absolute atomic E-state index is 0.0899. The molecule has 0 bridgehead atoms. The molecule has 1 heterocycles. The summed E-state index contributed by atoms with van der Waals surface area (Å²) < 4.78 is 5.49. The first-order valence-corrected chi connectivity index (χ1v) is 10.3. The molecule has 0 saturated heterocycles. The number of hydrogen-bond donors (Lipinski definition) is 0. The van der Waals surface area contributed by atoms with Gasteiger partial charge in [0.1, 0.15) is 0 Å². The van der Waals surface area contributed by atoms with Crippen molar-refractivity contribution in [1.29, 1.82) is 0 Å². The number of nitrogens with zero attached hydrogens (tertiary/aromatic N) is 3. The lowest BCUT2D eigenvalue weighted by Crippen LogP contribution is -2.32. The van der Waals surface area contributed by atoms with Crippen molar-refractivity contribution in [3.05, 3.63) is 41.3 Å². The second kappa shape index (κ2) is 9.74. The molecule has 130 valence electrons. The van der Waals surface area contributed by atoms with Gasteiger partial charge in [0.2, 0.25) is 11.8 Å². The van der Waals surface area contributed by atoms with Crippen LogP contribution in [0.4, 0.5) is 0 Å². The van der Waals surface area contributed by atoms with Gasteiger partial charge in [-0.15, -0.1) is 10.2 Å². The number of thioether (sulfide) groups is 2. The summed E-state index contributed by atoms with van der Waals surface area (Å²) in [6.07, 6.45) is 2.91. The molecular formula is C17H23N3O2S2. The number of carbonyl (C=O) groups is 1. The molecular weight excluding hydrogens is 342 g/mol. The Morgan fingerprint density at radius 2 is 2.00 bits per heavy atom. The Kier molecular flexibility index (Phi) is 7.65. The van der Waals surface area contributed by atoms with Crippen LogP contribution >= 0.6 is 23.5 Å². The molecule has 0 N–H and O–H groups in total. The van der Waals surface area contributed by atoms with Crippen LogP contribution in [0.2, 0.25) is 0 Å². The van der Waals surface area contributed by atoms with E-state index < -0.39 is 0 Å². The number of carbonyl (C=O) groups excluding carboxylic acids is 1. The third-order valence-corrected chi connectivity index (χ3v) is 4.71. The van der Waals surface area contributed by atoms with Gasteiger partial charge in [-0.3, -0.25) is 4.79 Å². The summed E-state index contributed by atoms with van der Waals surface area (Å²) in [6.45, 7) is 5.52. The molecule has 24 heavy (non-hydrogen) atoms. The highest BCUT2D eigenvalue weighted by Crippen LogP contribution is 2.19. The van der Waals surface area contributed by atoms with Gasteiger partial charge in [-0.25, -0.2) is 0 Å². The van der Waals surface area contributed by atoms with Crippen LogP contribution in [-0.2, 0) is 17.1 Å². The fraction of sp³-hybridized carbons (Fsp3) is 0.471. The smallest absolute Gasteiger partial charge is 0.277 e. The monoisotopic (exact) mass is 365 g/mol. The molecule has 2 rings (SSSR count). The molecule has 0 atom stereocenters. The second-order valence-corrected chi connectivity index (χ2v) is 7.28. The van der Waals surface area contributed by atoms with Crippen LogP contribution in [0.1, 0.15) is 30.4 Å². The van der Waals surface area contributed by atoms with E-state index in [0.29, 0.717) is 29.2 Å². The van der Waals surface area contributed by atoms with Crippen molar-refractivity contribution in [2.24, 2.45) is 0 Å². The Morgan fingerprint density at radius 1 is 1.25 bits per heavy atom. The SMILES string of the molecule is CCCN(Cc1ccc(C)cc1)C(=O)CSc1nnc(CSC)o1. The van der Waals surface area contributed by atoms with Crippen molar-refractivity contribution in [3.8, 4) is 0 Å². The summed E-state index contributed by atoms with van der Waals surface area (Å²) in [7, 11) is 0. The standard InChI is InChI=1S/C17H23N3O2S2/c1-4-9-20(10-14-7-5-13(2)6-8-14)16(21)12-24-17-19-18-15(22-17)11-23-3/h5-8H,4,9-12H2,1-3H3. The van der Waals surface area contributed by atoms with Gasteiger partial charge in [-0.05, 0) is 25.2 Å². The van der Waals surface area contributed by atoms with E-state index in [2.05, 4.69) is 48.3 Å². The zero-order valence-corrected chi connectivity index (χ0v) is 16.0. The molecule has 2 aromatic rings. The summed E-state index contributed by atoms with van der Waals surface area (Å²) in [6, 6.07) is 8.30. The minimum Gasteiger partial charge on any atom is -0.415 e. The van der Waals surface area contributed by atoms with Gasteiger partial charge in [0.15, 0.2) is 0 Å². The van der Waals surface area contributed by atoms with Crippen LogP contribution in [0.3, 0.4) is 0 Å². The van der Waals surface area contributed by atoms with Gasteiger partial charge in [0.05, 0.1) is 11.5 Å². The van der Waals surface area contributed by atoms with Gasteiger partial charge in [-0.1, -0.05) is 48.5 Å². The molecule has 0 radical (unpaired) electrons. The van der Waals surface area contributed by atoms with Crippen LogP contribution in [-0.4, -0.2) is 39.6 Å². The van der Waals surface area contributed by atoms with Gasteiger partial charge < -0.3 is 9.32 Å². The van der Waals surface area contributed by atoms with Crippen molar-refractivity contribution in [2.75, 3.05) is 18.6 Å². The Labute approximate surface area is 151 Å². The van der Waals surface area contributed by atoms with Crippen LogP contribution in [0.15, 0.2) is 33.9 Å². The van der Waals surface area contributed by atoms with Crippen molar-refractivity contribution >= 4 is 29.4 Å². The van der Waals surface area contributed by atoms with Crippen molar-refractivity contribution in [2.45, 2.75) is 37.8 Å². The van der Waals surface area contributed by atoms with Gasteiger partial charge >= 0.3 is 0 Å². The van der Waals surface area contributed by atoms with Crippen LogP contribution < -0.4 is 0 Å². The first-order valence-electron chi connectivity index (χ1n) is 7.89. The molecule has 5 nitrogen and oxygen atoms in total. The van der Waals surface area contributed by atoms with Gasteiger partial charge in [0, 0.05) is 13.1 Å². The summed E-state index contributed by atoms with van der Waals surface area (Å²) in [5, 5.41) is 8.38. The molecule has 0 saturated carbocycles. The molecule has 7 heteroatoms. The number of aromatic nitrogens is 2. The maximum absolute atomic E-state index is 12.5. The van der Waals surface area contributed by atoms with E-state index in [1.165, 1.54) is 17.3 Å². The summed E-state index contributed by atoms with van der Waals surface area (Å²) >= 11 is 2.93. The average Bonchev–Trinajstić information content (AvgIpc) is 3.02. The fourth-order valence-corrected chi connectivity index (χ4v) is 3.22. The topological polar surface area (TPSA) is 59.2 Å². The summed E-state index contributed by atoms with van der Waals surface area (Å²) in [5.41, 5.74) is 2.37. The van der Waals surface area contributed by atoms with Gasteiger partial charge in [0.25, 0.3) is 5.22 Å². The molecule has 0 aliphatic heterocycles. The first kappa shape index (κ1) is 18.9. The maximum Gasteiger partial charge on any atom is 0.277 e. The third-order valence-electron chi connectivity index (χ3n) is 3.38. The lowest BCUT2D eigenvalue weighted by molar-refractivity contribution is -0.129. The highest BCUT2D eigenvalue weighted by molar-refractivity contribution is 7.99. The first-order chi connectivity index (χ1) is 11.6. The number of hydrogen-bond acceptors (Lipinski definition) is 6. The van der Waals surface area contributed by atoms with E-state index in [-0.39, 0.29) is 5.91 Å². The Morgan fingerprint density at radius 3 is 2.67 bits per heavy atom. The third kappa shape index (κ3) is 5.87. The Bertz CT molecular complexity index is 644. The number of amides is 1. The predicted molar refractivity (Wildman–Crippen MR) is 99.1 cm³/mol. The van der Waals surface area contributed by atoms with Crippen molar-refractivity contribution in [3.63, 3.8) is 0 Å². The Balaban J connectivity index is 1.91. The quantitative estimate of drug-likeness (QED) is 0.631. The highest BCUT2D eigenvalue weighted by atomic mass is 32.2. The van der Waals surface area contributed by atoms with E-state index in [0.717, 1.165) is 18.5 Å². The average molecular weight is 366 g/mol. The maximum atomic E-state index is 12.5. The molecule has 0 spiro atoms. The normalized spacial score (nSPS) is 10.8. The van der Waals surface area contributed by atoms with Gasteiger partial charge in [-0.2, -0.15) is 11.8 Å². The lowest BCUT2D eigenvalue weighted by atomic mass is 10.1. The Hall–Kier alpha value is -1.47. The molecule has 1 aromatic carbocycles. The van der Waals surface area contributed by atoms with E-state index in [1.807, 2.05) is 11.2 Å². The molecule has 0 aliphatic rings. The van der Waals surface area contributed by atoms with E-state index in [1.54, 1.807) is 11.8 Å². The molecule has 0 aliphatic carbocycles. The second-order valence-electron chi connectivity index (χ2n) is 5.48. The highest BCUT2D eigenvalue weighted by Gasteiger charge is 2.16. The van der Waals surface area contributed by atoms with Crippen molar-refractivity contribution < 1.29 is 9.21 Å². The van der Waals surface area contributed by atoms with Crippen LogP contribution in [0.5, 0.6) is 0 Å². The van der Waals surface area contributed by atoms with Crippen LogP contribution in [0, 0.1) is 6.92 Å². The van der Waals surface area contributed by atoms with Crippen molar-refractivity contribution in [1.82, 2.24) is 15.1 Å². The number of rotatable bonds is 9. The number of aryl methyl sites for hydroxylation is 1. The number of benzene rings is 1. The fourth-order valence-electron chi connectivity index (χ4n) is 2.17. The molecule has 0 unspecified atom stereocenters. The largest absolute Gasteiger partial charge is 0.415 e. The van der Waals surface area contributed by atoms with Crippen LogP contribution in [0.25, 0.3) is 0 Å². The minimum atomic E-state index is 0.0899. The van der Waals surface area contributed by atoms with E-state index in [4.69, 9.17) is 4.42 Å². The molecule has 0 fully saturated rings. The summed E-state index contributed by atoms with van der Waals surface area (Å²) in [5.74, 6) is 1.69. The summed E-state index contributed by atoms with van der Waals surface area (Å²) in [4.78, 5) is 14.4. The zero-order valence-electron chi connectivity index (χ0n) is 14.3. The molecule has 1 aromatic heterocycles.